The van der Waals surface area contributed by atoms with E-state index in [1.54, 1.807) is 0 Å². The van der Waals surface area contributed by atoms with Gasteiger partial charge in [0.15, 0.2) is 0 Å². The van der Waals surface area contributed by atoms with Gasteiger partial charge >= 0.3 is 0 Å². The average Bonchev–Trinajstić information content (AvgIpc) is 3.01. The van der Waals surface area contributed by atoms with E-state index in [1.807, 2.05) is 24.1 Å². The summed E-state index contributed by atoms with van der Waals surface area (Å²) in [6.07, 6.45) is 8.37. The van der Waals surface area contributed by atoms with E-state index in [1.165, 1.54) is 18.4 Å². The van der Waals surface area contributed by atoms with Crippen molar-refractivity contribution in [2.24, 2.45) is 7.05 Å². The summed E-state index contributed by atoms with van der Waals surface area (Å²) in [5.74, 6) is 1.11. The fourth-order valence-corrected chi connectivity index (χ4v) is 2.72. The van der Waals surface area contributed by atoms with E-state index in [0.29, 0.717) is 6.04 Å². The Balaban J connectivity index is 1.75. The molecule has 3 rings (SSSR count). The third-order valence-electron chi connectivity index (χ3n) is 3.55. The Morgan fingerprint density at radius 3 is 3.00 bits per heavy atom. The normalized spacial score (nSPS) is 20.7. The molecule has 1 aliphatic heterocycles. The molecule has 2 aromatic rings. The zero-order valence-electron chi connectivity index (χ0n) is 10.9. The Morgan fingerprint density at radius 2 is 2.33 bits per heavy atom. The first-order valence-electron chi connectivity index (χ1n) is 6.45. The van der Waals surface area contributed by atoms with Crippen LogP contribution in [0.1, 0.15) is 36.0 Å². The van der Waals surface area contributed by atoms with E-state index >= 15 is 0 Å². The molecule has 96 valence electrons. The number of aromatic amines is 1. The molecule has 0 radical (unpaired) electrons. The lowest BCUT2D eigenvalue weighted by Gasteiger charge is -2.22. The van der Waals surface area contributed by atoms with E-state index < -0.39 is 0 Å². The summed E-state index contributed by atoms with van der Waals surface area (Å²) >= 11 is 0. The first-order chi connectivity index (χ1) is 8.72. The van der Waals surface area contributed by atoms with Crippen molar-refractivity contribution in [3.8, 4) is 0 Å². The Labute approximate surface area is 107 Å². The summed E-state index contributed by atoms with van der Waals surface area (Å²) in [4.78, 5) is 10.3. The Kier molecular flexibility index (Phi) is 2.91. The second-order valence-electron chi connectivity index (χ2n) is 5.10. The van der Waals surface area contributed by atoms with E-state index in [0.717, 1.165) is 24.6 Å². The highest BCUT2D eigenvalue weighted by molar-refractivity contribution is 5.08. The maximum atomic E-state index is 4.48. The third kappa shape index (κ3) is 2.18. The molecule has 1 fully saturated rings. The summed E-state index contributed by atoms with van der Waals surface area (Å²) in [6, 6.07) is 0.430. The smallest absolute Gasteiger partial charge is 0.123 e. The molecule has 0 bridgehead atoms. The van der Waals surface area contributed by atoms with Crippen LogP contribution in [0.15, 0.2) is 18.6 Å². The summed E-state index contributed by atoms with van der Waals surface area (Å²) in [5, 5.41) is 4.23. The molecule has 0 aliphatic carbocycles. The number of rotatable bonds is 3. The van der Waals surface area contributed by atoms with Gasteiger partial charge in [-0.05, 0) is 26.3 Å². The molecule has 2 aromatic heterocycles. The number of nitrogens with one attached hydrogen (secondary N) is 1. The van der Waals surface area contributed by atoms with Gasteiger partial charge < -0.3 is 4.98 Å². The second-order valence-corrected chi connectivity index (χ2v) is 5.10. The first-order valence-corrected chi connectivity index (χ1v) is 6.45. The molecular weight excluding hydrogens is 226 g/mol. The number of nitrogens with zero attached hydrogens (tertiary/aromatic N) is 4. The highest BCUT2D eigenvalue weighted by atomic mass is 15.3. The quantitative estimate of drug-likeness (QED) is 0.897. The molecule has 3 heterocycles. The largest absolute Gasteiger partial charge is 0.345 e. The minimum Gasteiger partial charge on any atom is -0.345 e. The van der Waals surface area contributed by atoms with Gasteiger partial charge in [-0.25, -0.2) is 4.98 Å². The summed E-state index contributed by atoms with van der Waals surface area (Å²) in [5.41, 5.74) is 2.41. The minimum absolute atomic E-state index is 0.430. The molecule has 5 nitrogen and oxygen atoms in total. The van der Waals surface area contributed by atoms with Crippen LogP contribution in [0.5, 0.6) is 0 Å². The topological polar surface area (TPSA) is 49.7 Å². The van der Waals surface area contributed by atoms with Crippen molar-refractivity contribution in [2.75, 3.05) is 6.54 Å². The Bertz CT molecular complexity index is 527. The Hall–Kier alpha value is -1.62. The number of imidazole rings is 1. The number of aryl methyl sites for hydroxylation is 2. The van der Waals surface area contributed by atoms with Crippen LogP contribution in [-0.4, -0.2) is 31.2 Å². The van der Waals surface area contributed by atoms with Gasteiger partial charge in [-0.2, -0.15) is 5.10 Å². The number of likely N-dealkylation sites (tertiary alicyclic amines) is 1. The predicted octanol–water partition coefficient (Wildman–Crippen LogP) is 1.79. The van der Waals surface area contributed by atoms with Crippen LogP contribution in [0.4, 0.5) is 0 Å². The van der Waals surface area contributed by atoms with Crippen LogP contribution in [0.25, 0.3) is 0 Å². The molecule has 0 unspecified atom stereocenters. The van der Waals surface area contributed by atoms with Gasteiger partial charge in [-0.15, -0.1) is 0 Å². The van der Waals surface area contributed by atoms with Gasteiger partial charge in [0.05, 0.1) is 12.2 Å². The van der Waals surface area contributed by atoms with Crippen LogP contribution in [0, 0.1) is 6.92 Å². The number of hydrogen-bond acceptors (Lipinski definition) is 3. The molecule has 1 atom stereocenters. The molecular formula is C13H19N5. The number of aromatic nitrogens is 4. The predicted molar refractivity (Wildman–Crippen MR) is 68.9 cm³/mol. The fraction of sp³-hybridized carbons (Fsp3) is 0.538. The molecule has 0 saturated carbocycles. The SMILES string of the molecule is Cc1cnc([C@H]2CCCN2Cc2cnn(C)c2)[nH]1. The van der Waals surface area contributed by atoms with Gasteiger partial charge in [0.25, 0.3) is 0 Å². The standard InChI is InChI=1S/C13H19N5/c1-10-6-14-13(16-10)12-4-3-5-18(12)9-11-7-15-17(2)8-11/h6-8,12H,3-5,9H2,1-2H3,(H,14,16)/t12-/m1/s1. The van der Waals surface area contributed by atoms with Crippen molar-refractivity contribution in [3.63, 3.8) is 0 Å². The van der Waals surface area contributed by atoms with Crippen molar-refractivity contribution in [1.82, 2.24) is 24.6 Å². The van der Waals surface area contributed by atoms with Crippen molar-refractivity contribution < 1.29 is 0 Å². The Morgan fingerprint density at radius 1 is 1.44 bits per heavy atom. The van der Waals surface area contributed by atoms with E-state index in [-0.39, 0.29) is 0 Å². The van der Waals surface area contributed by atoms with Crippen LogP contribution in [-0.2, 0) is 13.6 Å². The lowest BCUT2D eigenvalue weighted by Crippen LogP contribution is -2.23. The molecule has 5 heteroatoms. The van der Waals surface area contributed by atoms with E-state index in [4.69, 9.17) is 0 Å². The van der Waals surface area contributed by atoms with Gasteiger partial charge in [0.1, 0.15) is 5.82 Å². The maximum Gasteiger partial charge on any atom is 0.123 e. The molecule has 0 aromatic carbocycles. The molecule has 0 amide bonds. The third-order valence-corrected chi connectivity index (χ3v) is 3.55. The van der Waals surface area contributed by atoms with Crippen LogP contribution >= 0.6 is 0 Å². The van der Waals surface area contributed by atoms with Gasteiger partial charge in [0, 0.05) is 37.2 Å². The van der Waals surface area contributed by atoms with Crippen LogP contribution in [0.3, 0.4) is 0 Å². The molecule has 1 saturated heterocycles. The van der Waals surface area contributed by atoms with Crippen molar-refractivity contribution >= 4 is 0 Å². The highest BCUT2D eigenvalue weighted by Gasteiger charge is 2.28. The number of hydrogen-bond donors (Lipinski definition) is 1. The van der Waals surface area contributed by atoms with Crippen molar-refractivity contribution in [1.29, 1.82) is 0 Å². The maximum absolute atomic E-state index is 4.48. The molecule has 18 heavy (non-hydrogen) atoms. The molecule has 1 N–H and O–H groups in total. The second kappa shape index (κ2) is 4.57. The minimum atomic E-state index is 0.430. The lowest BCUT2D eigenvalue weighted by molar-refractivity contribution is 0.240. The van der Waals surface area contributed by atoms with Gasteiger partial charge in [0.2, 0.25) is 0 Å². The highest BCUT2D eigenvalue weighted by Crippen LogP contribution is 2.31. The zero-order chi connectivity index (χ0) is 12.5. The lowest BCUT2D eigenvalue weighted by atomic mass is 10.2. The first kappa shape index (κ1) is 11.5. The summed E-state index contributed by atoms with van der Waals surface area (Å²) in [7, 11) is 1.96. The summed E-state index contributed by atoms with van der Waals surface area (Å²) in [6.45, 7) is 4.15. The van der Waals surface area contributed by atoms with Crippen LogP contribution in [0.2, 0.25) is 0 Å². The van der Waals surface area contributed by atoms with Crippen molar-refractivity contribution in [3.05, 3.63) is 35.7 Å². The van der Waals surface area contributed by atoms with Gasteiger partial charge in [-0.1, -0.05) is 0 Å². The average molecular weight is 245 g/mol. The number of H-pyrrole nitrogens is 1. The molecule has 1 aliphatic rings. The van der Waals surface area contributed by atoms with Gasteiger partial charge in [-0.3, -0.25) is 9.58 Å². The molecule has 0 spiro atoms. The van der Waals surface area contributed by atoms with E-state index in [2.05, 4.69) is 33.1 Å². The van der Waals surface area contributed by atoms with E-state index in [9.17, 15) is 0 Å². The summed E-state index contributed by atoms with van der Waals surface area (Å²) < 4.78 is 1.86. The monoisotopic (exact) mass is 245 g/mol. The van der Waals surface area contributed by atoms with Crippen LogP contribution < -0.4 is 0 Å². The fourth-order valence-electron chi connectivity index (χ4n) is 2.72. The van der Waals surface area contributed by atoms with Crippen molar-refractivity contribution in [2.45, 2.75) is 32.4 Å². The zero-order valence-corrected chi connectivity index (χ0v) is 10.9.